The summed E-state index contributed by atoms with van der Waals surface area (Å²) in [6, 6.07) is -0.629. The van der Waals surface area contributed by atoms with Crippen LogP contribution in [0.3, 0.4) is 0 Å². The van der Waals surface area contributed by atoms with Crippen LogP contribution >= 0.6 is 0 Å². The summed E-state index contributed by atoms with van der Waals surface area (Å²) in [5.74, 6) is -0.0723. The molecule has 0 bridgehead atoms. The molecule has 1 amide bonds. The minimum absolute atomic E-state index is 0.00111. The summed E-state index contributed by atoms with van der Waals surface area (Å²) in [5.41, 5.74) is 0. The molecule has 0 aromatic heterocycles. The van der Waals surface area contributed by atoms with Crippen molar-refractivity contribution < 1.29 is 24.5 Å². The van der Waals surface area contributed by atoms with Crippen molar-refractivity contribution in [3.05, 3.63) is 48.6 Å². The molecule has 2 unspecified atom stereocenters. The van der Waals surface area contributed by atoms with E-state index in [4.69, 9.17) is 4.74 Å². The summed E-state index contributed by atoms with van der Waals surface area (Å²) in [5, 5.41) is 23.0. The zero-order chi connectivity index (χ0) is 49.3. The first-order valence-corrected chi connectivity index (χ1v) is 29.9. The number of hydrogen-bond acceptors (Lipinski definition) is 5. The topological polar surface area (TPSA) is 95.9 Å². The van der Waals surface area contributed by atoms with Gasteiger partial charge in [-0.15, -0.1) is 0 Å². The molecule has 0 radical (unpaired) electrons. The van der Waals surface area contributed by atoms with E-state index in [1.54, 1.807) is 6.08 Å². The van der Waals surface area contributed by atoms with Crippen LogP contribution in [0.4, 0.5) is 0 Å². The van der Waals surface area contributed by atoms with E-state index >= 15 is 0 Å². The number of ether oxygens (including phenoxy) is 1. The number of aliphatic hydroxyl groups excluding tert-OH is 2. The maximum Gasteiger partial charge on any atom is 0.305 e. The number of allylic oxidation sites excluding steroid dienone is 7. The molecule has 0 saturated carbocycles. The third kappa shape index (κ3) is 53.2. The van der Waals surface area contributed by atoms with Gasteiger partial charge in [0, 0.05) is 12.8 Å². The highest BCUT2D eigenvalue weighted by Gasteiger charge is 2.18. The second kappa shape index (κ2) is 57.4. The van der Waals surface area contributed by atoms with Crippen molar-refractivity contribution in [2.24, 2.45) is 0 Å². The highest BCUT2D eigenvalue weighted by molar-refractivity contribution is 5.76. The molecule has 0 heterocycles. The molecule has 0 aliphatic rings. The van der Waals surface area contributed by atoms with Crippen LogP contribution in [0.25, 0.3) is 0 Å². The highest BCUT2D eigenvalue weighted by Crippen LogP contribution is 2.16. The van der Waals surface area contributed by atoms with E-state index in [-0.39, 0.29) is 18.5 Å². The molecule has 0 rings (SSSR count). The fraction of sp³-hybridized carbons (Fsp3) is 0.839. The Morgan fingerprint density at radius 3 is 1.13 bits per heavy atom. The lowest BCUT2D eigenvalue weighted by Crippen LogP contribution is -2.45. The van der Waals surface area contributed by atoms with E-state index in [9.17, 15) is 19.8 Å². The standard InChI is InChI=1S/C62H115NO5/c1-3-5-7-9-11-13-15-16-33-36-40-44-48-52-56-62(67)68-57-53-49-45-41-37-34-31-29-27-25-23-21-19-17-18-20-22-24-26-28-30-32-35-39-43-47-51-55-61(66)63-59(58-64)60(65)54-50-46-42-38-14-12-10-8-6-4-2/h15-18,21,23,50,54,59-60,64-65H,3-14,19-20,22,24-49,51-53,55-58H2,1-2H3,(H,63,66)/b16-15-,18-17-,23-21-,54-50+. The molecular formula is C62H115NO5. The molecule has 68 heavy (non-hydrogen) atoms. The van der Waals surface area contributed by atoms with E-state index < -0.39 is 12.1 Å². The molecule has 0 aromatic rings. The predicted molar refractivity (Wildman–Crippen MR) is 296 cm³/mol. The van der Waals surface area contributed by atoms with Crippen molar-refractivity contribution in [3.8, 4) is 0 Å². The van der Waals surface area contributed by atoms with Crippen molar-refractivity contribution >= 4 is 11.9 Å². The van der Waals surface area contributed by atoms with Gasteiger partial charge in [0.05, 0.1) is 25.4 Å². The molecule has 0 aromatic carbocycles. The molecule has 6 nitrogen and oxygen atoms in total. The molecule has 6 heteroatoms. The van der Waals surface area contributed by atoms with Crippen LogP contribution in [0.2, 0.25) is 0 Å². The molecule has 398 valence electrons. The maximum absolute atomic E-state index is 12.4. The summed E-state index contributed by atoms with van der Waals surface area (Å²) in [4.78, 5) is 24.4. The third-order valence-electron chi connectivity index (χ3n) is 13.6. The van der Waals surface area contributed by atoms with Crippen LogP contribution in [-0.2, 0) is 14.3 Å². The van der Waals surface area contributed by atoms with Gasteiger partial charge in [0.25, 0.3) is 0 Å². The molecule has 0 aliphatic carbocycles. The fourth-order valence-corrected chi connectivity index (χ4v) is 8.95. The average Bonchev–Trinajstić information content (AvgIpc) is 3.34. The average molecular weight is 955 g/mol. The number of aliphatic hydroxyl groups is 2. The zero-order valence-electron chi connectivity index (χ0n) is 45.3. The van der Waals surface area contributed by atoms with Crippen LogP contribution in [0.5, 0.6) is 0 Å². The van der Waals surface area contributed by atoms with Crippen LogP contribution in [0, 0.1) is 0 Å². The van der Waals surface area contributed by atoms with Gasteiger partial charge < -0.3 is 20.3 Å². The largest absolute Gasteiger partial charge is 0.466 e. The van der Waals surface area contributed by atoms with Crippen molar-refractivity contribution in [2.75, 3.05) is 13.2 Å². The van der Waals surface area contributed by atoms with E-state index in [0.717, 1.165) is 51.4 Å². The lowest BCUT2D eigenvalue weighted by atomic mass is 10.0. The van der Waals surface area contributed by atoms with Gasteiger partial charge in [-0.2, -0.15) is 0 Å². The number of esters is 1. The van der Waals surface area contributed by atoms with Gasteiger partial charge >= 0.3 is 5.97 Å². The second-order valence-electron chi connectivity index (χ2n) is 20.3. The molecular weight excluding hydrogens is 839 g/mol. The molecule has 0 aliphatic heterocycles. The van der Waals surface area contributed by atoms with Gasteiger partial charge in [-0.1, -0.05) is 255 Å². The SMILES string of the molecule is CCCCCCC/C=C\CCCCCCCC(=O)OCCCCCCCCCCC/C=C\C/C=C\CCCCCCCCCCCCCC(=O)NC(CO)C(O)/C=C/CCCCCCCCCC. The molecule has 0 saturated heterocycles. The first-order valence-electron chi connectivity index (χ1n) is 29.9. The number of carbonyl (C=O) groups is 2. The van der Waals surface area contributed by atoms with Gasteiger partial charge in [0.1, 0.15) is 0 Å². The van der Waals surface area contributed by atoms with Crippen LogP contribution in [-0.4, -0.2) is 47.4 Å². The zero-order valence-corrected chi connectivity index (χ0v) is 45.3. The lowest BCUT2D eigenvalue weighted by molar-refractivity contribution is -0.143. The Morgan fingerprint density at radius 2 is 0.735 bits per heavy atom. The Bertz CT molecular complexity index is 1150. The number of hydrogen-bond donors (Lipinski definition) is 3. The third-order valence-corrected chi connectivity index (χ3v) is 13.6. The van der Waals surface area contributed by atoms with Gasteiger partial charge in [-0.3, -0.25) is 9.59 Å². The van der Waals surface area contributed by atoms with Crippen molar-refractivity contribution in [1.82, 2.24) is 5.32 Å². The second-order valence-corrected chi connectivity index (χ2v) is 20.3. The molecule has 2 atom stereocenters. The lowest BCUT2D eigenvalue weighted by Gasteiger charge is -2.20. The Hall–Kier alpha value is -2.18. The Morgan fingerprint density at radius 1 is 0.412 bits per heavy atom. The fourth-order valence-electron chi connectivity index (χ4n) is 8.95. The normalized spacial score (nSPS) is 12.9. The summed E-state index contributed by atoms with van der Waals surface area (Å²) in [7, 11) is 0. The molecule has 0 fully saturated rings. The van der Waals surface area contributed by atoms with Gasteiger partial charge in [0.15, 0.2) is 0 Å². The summed E-state index contributed by atoms with van der Waals surface area (Å²) in [6.07, 6.45) is 73.0. The van der Waals surface area contributed by atoms with Crippen molar-refractivity contribution in [2.45, 2.75) is 321 Å². The van der Waals surface area contributed by atoms with E-state index in [2.05, 4.69) is 55.6 Å². The smallest absolute Gasteiger partial charge is 0.305 e. The van der Waals surface area contributed by atoms with Crippen molar-refractivity contribution in [3.63, 3.8) is 0 Å². The quantitative estimate of drug-likeness (QED) is 0.0321. The van der Waals surface area contributed by atoms with E-state index in [1.807, 2.05) is 6.08 Å². The molecule has 3 N–H and O–H groups in total. The van der Waals surface area contributed by atoms with E-state index in [0.29, 0.717) is 19.4 Å². The summed E-state index contributed by atoms with van der Waals surface area (Å²) < 4.78 is 5.47. The first-order chi connectivity index (χ1) is 33.5. The van der Waals surface area contributed by atoms with Crippen LogP contribution in [0.1, 0.15) is 309 Å². The van der Waals surface area contributed by atoms with Crippen LogP contribution in [0.15, 0.2) is 48.6 Å². The number of unbranched alkanes of at least 4 members (excludes halogenated alkanes) is 38. The number of nitrogens with one attached hydrogen (secondary N) is 1. The maximum atomic E-state index is 12.4. The number of amides is 1. The Kier molecular flexibility index (Phi) is 55.6. The van der Waals surface area contributed by atoms with Crippen molar-refractivity contribution in [1.29, 1.82) is 0 Å². The minimum atomic E-state index is -0.845. The Balaban J connectivity index is 3.42. The monoisotopic (exact) mass is 954 g/mol. The summed E-state index contributed by atoms with van der Waals surface area (Å²) in [6.45, 7) is 4.87. The Labute approximate surface area is 423 Å². The van der Waals surface area contributed by atoms with Gasteiger partial charge in [0.2, 0.25) is 5.91 Å². The minimum Gasteiger partial charge on any atom is -0.466 e. The highest BCUT2D eigenvalue weighted by atomic mass is 16.5. The predicted octanol–water partition coefficient (Wildman–Crippen LogP) is 18.6. The molecule has 0 spiro atoms. The van der Waals surface area contributed by atoms with Gasteiger partial charge in [-0.05, 0) is 89.9 Å². The van der Waals surface area contributed by atoms with Crippen LogP contribution < -0.4 is 5.32 Å². The number of carbonyl (C=O) groups excluding carboxylic acids is 2. The summed E-state index contributed by atoms with van der Waals surface area (Å²) >= 11 is 0. The van der Waals surface area contributed by atoms with Gasteiger partial charge in [-0.25, -0.2) is 0 Å². The van der Waals surface area contributed by atoms with E-state index in [1.165, 1.54) is 231 Å². The number of rotatable bonds is 55. The first kappa shape index (κ1) is 65.8.